The number of nitrogens with zero attached hydrogens (tertiary/aromatic N) is 5. The van der Waals surface area contributed by atoms with Gasteiger partial charge in [-0.25, -0.2) is 0 Å². The number of hydrogen-bond donors (Lipinski definition) is 1. The molecule has 0 unspecified atom stereocenters. The van der Waals surface area contributed by atoms with Crippen molar-refractivity contribution in [3.63, 3.8) is 0 Å². The lowest BCUT2D eigenvalue weighted by Gasteiger charge is -2.30. The summed E-state index contributed by atoms with van der Waals surface area (Å²) in [5.41, 5.74) is 7.17. The van der Waals surface area contributed by atoms with Crippen molar-refractivity contribution in [1.29, 1.82) is 0 Å². The van der Waals surface area contributed by atoms with Gasteiger partial charge < -0.3 is 10.0 Å². The quantitative estimate of drug-likeness (QED) is 0.437. The summed E-state index contributed by atoms with van der Waals surface area (Å²) < 4.78 is 2.07. The maximum atomic E-state index is 11.2. The molecule has 8 heteroatoms. The third-order valence-corrected chi connectivity index (χ3v) is 7.98. The number of rotatable bonds is 9. The Morgan fingerprint density at radius 3 is 2.37 bits per heavy atom. The van der Waals surface area contributed by atoms with Crippen LogP contribution in [0.25, 0.3) is 21.3 Å². The fourth-order valence-electron chi connectivity index (χ4n) is 5.04. The van der Waals surface area contributed by atoms with E-state index < -0.39 is 5.97 Å². The van der Waals surface area contributed by atoms with Crippen molar-refractivity contribution in [3.05, 3.63) is 40.6 Å². The number of benzene rings is 1. The minimum absolute atomic E-state index is 0.177. The standard InChI is InChI=1S/C27H37N5O2S/c1-6-32-22(13-17(2)3)16-24(30-32)26-29-28-25(35-26)21-14-18(4)23(19(5)15-21)9-12-31-10-7-20(8-11-31)27(33)34/h14-17,20H,6-13H2,1-5H3,(H,33,34). The number of carbonyl (C=O) groups is 1. The molecule has 0 saturated carbocycles. The zero-order chi connectivity index (χ0) is 25.1. The number of carboxylic acid groups (broad SMARTS) is 1. The predicted molar refractivity (Wildman–Crippen MR) is 141 cm³/mol. The van der Waals surface area contributed by atoms with Crippen LogP contribution in [0.5, 0.6) is 0 Å². The largest absolute Gasteiger partial charge is 0.481 e. The molecule has 0 bridgehead atoms. The van der Waals surface area contributed by atoms with Crippen molar-refractivity contribution in [2.45, 2.75) is 66.8 Å². The van der Waals surface area contributed by atoms with Crippen LogP contribution in [0, 0.1) is 25.7 Å². The Bertz CT molecular complexity index is 1150. The van der Waals surface area contributed by atoms with E-state index in [-0.39, 0.29) is 5.92 Å². The van der Waals surface area contributed by atoms with Crippen molar-refractivity contribution in [1.82, 2.24) is 24.9 Å². The molecule has 1 aliphatic heterocycles. The van der Waals surface area contributed by atoms with Gasteiger partial charge in [0.1, 0.15) is 10.7 Å². The average Bonchev–Trinajstić information content (AvgIpc) is 3.45. The molecular formula is C27H37N5O2S. The van der Waals surface area contributed by atoms with Gasteiger partial charge in [-0.2, -0.15) is 5.10 Å². The van der Waals surface area contributed by atoms with E-state index >= 15 is 0 Å². The summed E-state index contributed by atoms with van der Waals surface area (Å²) in [6.45, 7) is 14.5. The van der Waals surface area contributed by atoms with Gasteiger partial charge in [-0.3, -0.25) is 9.48 Å². The van der Waals surface area contributed by atoms with Gasteiger partial charge in [0.25, 0.3) is 0 Å². The number of aryl methyl sites for hydroxylation is 3. The van der Waals surface area contributed by atoms with Gasteiger partial charge in [-0.05, 0) is 100 Å². The summed E-state index contributed by atoms with van der Waals surface area (Å²) in [6, 6.07) is 6.60. The van der Waals surface area contributed by atoms with Crippen LogP contribution in [0.4, 0.5) is 0 Å². The van der Waals surface area contributed by atoms with Crippen molar-refractivity contribution in [2.75, 3.05) is 19.6 Å². The van der Waals surface area contributed by atoms with Gasteiger partial charge in [-0.15, -0.1) is 10.2 Å². The monoisotopic (exact) mass is 495 g/mol. The smallest absolute Gasteiger partial charge is 0.306 e. The van der Waals surface area contributed by atoms with Crippen LogP contribution >= 0.6 is 11.3 Å². The second-order valence-corrected chi connectivity index (χ2v) is 11.1. The maximum Gasteiger partial charge on any atom is 0.306 e. The number of hydrogen-bond acceptors (Lipinski definition) is 6. The number of aliphatic carboxylic acids is 1. The van der Waals surface area contributed by atoms with Crippen molar-refractivity contribution in [3.8, 4) is 21.3 Å². The number of likely N-dealkylation sites (tertiary alicyclic amines) is 1. The second kappa shape index (κ2) is 11.0. The SMILES string of the molecule is CCn1nc(-c2nnc(-c3cc(C)c(CCN4CCC(C(=O)O)CC4)c(C)c3)s2)cc1CC(C)C. The van der Waals surface area contributed by atoms with E-state index in [0.717, 1.165) is 73.1 Å². The fourth-order valence-corrected chi connectivity index (χ4v) is 5.83. The number of carboxylic acids is 1. The molecular weight excluding hydrogens is 458 g/mol. The Morgan fingerprint density at radius 2 is 1.77 bits per heavy atom. The van der Waals surface area contributed by atoms with Crippen LogP contribution in [0.15, 0.2) is 18.2 Å². The molecule has 1 N–H and O–H groups in total. The van der Waals surface area contributed by atoms with Gasteiger partial charge >= 0.3 is 5.97 Å². The summed E-state index contributed by atoms with van der Waals surface area (Å²) >= 11 is 1.60. The van der Waals surface area contributed by atoms with Crippen molar-refractivity contribution >= 4 is 17.3 Å². The van der Waals surface area contributed by atoms with Gasteiger partial charge in [0.05, 0.1) is 5.92 Å². The molecule has 0 amide bonds. The highest BCUT2D eigenvalue weighted by Gasteiger charge is 2.24. The highest BCUT2D eigenvalue weighted by atomic mass is 32.1. The van der Waals surface area contributed by atoms with E-state index in [1.54, 1.807) is 11.3 Å². The molecule has 4 rings (SSSR count). The van der Waals surface area contributed by atoms with E-state index in [1.165, 1.54) is 22.4 Å². The van der Waals surface area contributed by atoms with Gasteiger partial charge in [0.2, 0.25) is 0 Å². The van der Waals surface area contributed by atoms with E-state index in [1.807, 2.05) is 0 Å². The Hall–Kier alpha value is -2.58. The van der Waals surface area contributed by atoms with Crippen LogP contribution in [0.1, 0.15) is 56.0 Å². The first-order chi connectivity index (χ1) is 16.7. The zero-order valence-electron chi connectivity index (χ0n) is 21.5. The Morgan fingerprint density at radius 1 is 1.11 bits per heavy atom. The minimum atomic E-state index is -0.651. The van der Waals surface area contributed by atoms with Crippen molar-refractivity contribution < 1.29 is 9.90 Å². The van der Waals surface area contributed by atoms with E-state index in [9.17, 15) is 9.90 Å². The molecule has 2 aromatic heterocycles. The molecule has 0 spiro atoms. The first kappa shape index (κ1) is 25.5. The topological polar surface area (TPSA) is 84.1 Å². The zero-order valence-corrected chi connectivity index (χ0v) is 22.4. The van der Waals surface area contributed by atoms with Gasteiger partial charge in [0.15, 0.2) is 5.01 Å². The predicted octanol–water partition coefficient (Wildman–Crippen LogP) is 5.24. The average molecular weight is 496 g/mol. The summed E-state index contributed by atoms with van der Waals surface area (Å²) in [6.07, 6.45) is 3.48. The third-order valence-electron chi connectivity index (χ3n) is 6.98. The molecule has 1 saturated heterocycles. The molecule has 1 aromatic carbocycles. The maximum absolute atomic E-state index is 11.2. The van der Waals surface area contributed by atoms with Crippen LogP contribution in [-0.4, -0.2) is 55.6 Å². The number of aromatic nitrogens is 4. The van der Waals surface area contributed by atoms with Crippen LogP contribution in [-0.2, 0) is 24.2 Å². The van der Waals surface area contributed by atoms with Gasteiger partial charge in [-0.1, -0.05) is 25.2 Å². The Kier molecular flexibility index (Phi) is 8.02. The molecule has 0 atom stereocenters. The molecule has 3 heterocycles. The normalized spacial score (nSPS) is 15.3. The highest BCUT2D eigenvalue weighted by molar-refractivity contribution is 7.17. The first-order valence-corrected chi connectivity index (χ1v) is 13.5. The summed E-state index contributed by atoms with van der Waals surface area (Å²) in [5, 5.41) is 24.8. The molecule has 1 aliphatic rings. The molecule has 0 radical (unpaired) electrons. The van der Waals surface area contributed by atoms with Crippen LogP contribution in [0.3, 0.4) is 0 Å². The molecule has 188 valence electrons. The summed E-state index contributed by atoms with van der Waals surface area (Å²) in [7, 11) is 0. The van der Waals surface area contributed by atoms with E-state index in [4.69, 9.17) is 5.10 Å². The van der Waals surface area contributed by atoms with Crippen LogP contribution in [0.2, 0.25) is 0 Å². The molecule has 7 nitrogen and oxygen atoms in total. The minimum Gasteiger partial charge on any atom is -0.481 e. The highest BCUT2D eigenvalue weighted by Crippen LogP contribution is 2.32. The Labute approximate surface area is 212 Å². The lowest BCUT2D eigenvalue weighted by molar-refractivity contribution is -0.143. The molecule has 35 heavy (non-hydrogen) atoms. The van der Waals surface area contributed by atoms with E-state index in [0.29, 0.717) is 5.92 Å². The fraction of sp³-hybridized carbons (Fsp3) is 0.556. The first-order valence-electron chi connectivity index (χ1n) is 12.7. The lowest BCUT2D eigenvalue weighted by Crippen LogP contribution is -2.37. The second-order valence-electron chi connectivity index (χ2n) is 10.1. The summed E-state index contributed by atoms with van der Waals surface area (Å²) in [4.78, 5) is 13.6. The molecule has 1 fully saturated rings. The number of piperidine rings is 1. The van der Waals surface area contributed by atoms with Crippen LogP contribution < -0.4 is 0 Å². The molecule has 3 aromatic rings. The lowest BCUT2D eigenvalue weighted by atomic mass is 9.95. The summed E-state index contributed by atoms with van der Waals surface area (Å²) in [5.74, 6) is -0.249. The Balaban J connectivity index is 1.46. The third kappa shape index (κ3) is 5.98. The van der Waals surface area contributed by atoms with Gasteiger partial charge in [0, 0.05) is 24.3 Å². The van der Waals surface area contributed by atoms with E-state index in [2.05, 4.69) is 72.6 Å². The molecule has 0 aliphatic carbocycles. The van der Waals surface area contributed by atoms with Crippen molar-refractivity contribution in [2.24, 2.45) is 11.8 Å².